The third-order valence-electron chi connectivity index (χ3n) is 1.68. The van der Waals surface area contributed by atoms with Gasteiger partial charge in [-0.1, -0.05) is 0 Å². The molecule has 0 amide bonds. The molecule has 5 nitrogen and oxygen atoms in total. The molecule has 0 unspecified atom stereocenters. The molecular formula is C9H6BrN3O2S2. The zero-order chi connectivity index (χ0) is 12.3. The summed E-state index contributed by atoms with van der Waals surface area (Å²) in [5.74, 6) is -0.880. The molecule has 2 aromatic heterocycles. The normalized spacial score (nSPS) is 10.4. The molecule has 0 aliphatic rings. The summed E-state index contributed by atoms with van der Waals surface area (Å²) in [5, 5.41) is 11.1. The van der Waals surface area contributed by atoms with Gasteiger partial charge in [0.1, 0.15) is 11.4 Å². The van der Waals surface area contributed by atoms with Crippen LogP contribution in [0, 0.1) is 0 Å². The Kier molecular flexibility index (Phi) is 4.08. The smallest absolute Gasteiger partial charge is 0.309 e. The predicted molar refractivity (Wildman–Crippen MR) is 67.3 cm³/mol. The number of hydrogen-bond donors (Lipinski definition) is 1. The summed E-state index contributed by atoms with van der Waals surface area (Å²) in [6.07, 6.45) is 3.06. The highest BCUT2D eigenvalue weighted by Gasteiger charge is 2.09. The number of thiazole rings is 1. The van der Waals surface area contributed by atoms with E-state index in [2.05, 4.69) is 30.9 Å². The predicted octanol–water partition coefficient (Wildman–Crippen LogP) is 2.47. The van der Waals surface area contributed by atoms with Gasteiger partial charge in [-0.2, -0.15) is 0 Å². The van der Waals surface area contributed by atoms with Gasteiger partial charge < -0.3 is 5.11 Å². The highest BCUT2D eigenvalue weighted by atomic mass is 79.9. The fourth-order valence-electron chi connectivity index (χ4n) is 1.03. The Labute approximate surface area is 113 Å². The van der Waals surface area contributed by atoms with Crippen LogP contribution < -0.4 is 0 Å². The van der Waals surface area contributed by atoms with Gasteiger partial charge in [-0.25, -0.2) is 15.0 Å². The van der Waals surface area contributed by atoms with Crippen LogP contribution in [0.5, 0.6) is 0 Å². The summed E-state index contributed by atoms with van der Waals surface area (Å²) in [6, 6.07) is 0. The van der Waals surface area contributed by atoms with Gasteiger partial charge in [-0.15, -0.1) is 11.3 Å². The monoisotopic (exact) mass is 331 g/mol. The van der Waals surface area contributed by atoms with Gasteiger partial charge in [0, 0.05) is 11.6 Å². The van der Waals surface area contributed by atoms with Crippen LogP contribution in [-0.2, 0) is 11.2 Å². The van der Waals surface area contributed by atoms with Crippen molar-refractivity contribution < 1.29 is 9.90 Å². The van der Waals surface area contributed by atoms with E-state index in [0.29, 0.717) is 5.69 Å². The SMILES string of the molecule is O=C(O)Cc1csc(Sc2ncncc2Br)n1. The molecule has 2 rings (SSSR count). The maximum Gasteiger partial charge on any atom is 0.309 e. The number of halogens is 1. The molecule has 0 radical (unpaired) electrons. The van der Waals surface area contributed by atoms with E-state index in [1.54, 1.807) is 11.6 Å². The summed E-state index contributed by atoms with van der Waals surface area (Å²) in [7, 11) is 0. The van der Waals surface area contributed by atoms with Crippen molar-refractivity contribution in [2.45, 2.75) is 15.8 Å². The third kappa shape index (κ3) is 3.48. The van der Waals surface area contributed by atoms with E-state index in [4.69, 9.17) is 5.11 Å². The summed E-state index contributed by atoms with van der Waals surface area (Å²) in [5.41, 5.74) is 0.565. The van der Waals surface area contributed by atoms with E-state index in [9.17, 15) is 4.79 Å². The minimum atomic E-state index is -0.880. The van der Waals surface area contributed by atoms with Crippen molar-refractivity contribution in [2.75, 3.05) is 0 Å². The first kappa shape index (κ1) is 12.5. The van der Waals surface area contributed by atoms with Crippen LogP contribution in [0.1, 0.15) is 5.69 Å². The molecule has 0 bridgehead atoms. The molecule has 0 fully saturated rings. The lowest BCUT2D eigenvalue weighted by molar-refractivity contribution is -0.136. The van der Waals surface area contributed by atoms with Crippen LogP contribution in [0.3, 0.4) is 0 Å². The minimum Gasteiger partial charge on any atom is -0.481 e. The van der Waals surface area contributed by atoms with Gasteiger partial charge >= 0.3 is 5.97 Å². The number of rotatable bonds is 4. The molecular weight excluding hydrogens is 326 g/mol. The van der Waals surface area contributed by atoms with E-state index >= 15 is 0 Å². The molecule has 0 saturated carbocycles. The van der Waals surface area contributed by atoms with Crippen molar-refractivity contribution in [1.29, 1.82) is 0 Å². The molecule has 0 atom stereocenters. The lowest BCUT2D eigenvalue weighted by Crippen LogP contribution is -1.99. The Bertz CT molecular complexity index is 547. The average molecular weight is 332 g/mol. The lowest BCUT2D eigenvalue weighted by Gasteiger charge is -1.97. The Morgan fingerprint density at radius 1 is 1.59 bits per heavy atom. The van der Waals surface area contributed by atoms with Crippen LogP contribution in [0.15, 0.2) is 31.7 Å². The van der Waals surface area contributed by atoms with Crippen molar-refractivity contribution in [2.24, 2.45) is 0 Å². The number of carbonyl (C=O) groups is 1. The molecule has 2 heterocycles. The summed E-state index contributed by atoms with van der Waals surface area (Å²) in [6.45, 7) is 0. The number of hydrogen-bond acceptors (Lipinski definition) is 6. The van der Waals surface area contributed by atoms with Crippen LogP contribution >= 0.6 is 39.0 Å². The van der Waals surface area contributed by atoms with Crippen molar-refractivity contribution in [3.8, 4) is 0 Å². The van der Waals surface area contributed by atoms with Gasteiger partial charge in [-0.3, -0.25) is 4.79 Å². The highest BCUT2D eigenvalue weighted by molar-refractivity contribution is 9.10. The van der Waals surface area contributed by atoms with E-state index in [-0.39, 0.29) is 6.42 Å². The van der Waals surface area contributed by atoms with Gasteiger partial charge in [0.25, 0.3) is 0 Å². The third-order valence-corrected chi connectivity index (χ3v) is 4.53. The van der Waals surface area contributed by atoms with Crippen LogP contribution in [0.4, 0.5) is 0 Å². The number of carboxylic acid groups (broad SMARTS) is 1. The Morgan fingerprint density at radius 2 is 2.41 bits per heavy atom. The molecule has 1 N–H and O–H groups in total. The number of carboxylic acids is 1. The molecule has 17 heavy (non-hydrogen) atoms. The van der Waals surface area contributed by atoms with Crippen molar-refractivity contribution in [1.82, 2.24) is 15.0 Å². The van der Waals surface area contributed by atoms with Gasteiger partial charge in [0.15, 0.2) is 4.34 Å². The van der Waals surface area contributed by atoms with Crippen LogP contribution in [0.25, 0.3) is 0 Å². The first-order valence-corrected chi connectivity index (χ1v) is 6.93. The first-order valence-electron chi connectivity index (χ1n) is 4.44. The fraction of sp³-hybridized carbons (Fsp3) is 0.111. The summed E-state index contributed by atoms with van der Waals surface area (Å²) >= 11 is 6.12. The summed E-state index contributed by atoms with van der Waals surface area (Å²) < 4.78 is 1.56. The van der Waals surface area contributed by atoms with Gasteiger partial charge in [0.05, 0.1) is 16.6 Å². The van der Waals surface area contributed by atoms with Crippen molar-refractivity contribution >= 4 is 45.0 Å². The van der Waals surface area contributed by atoms with E-state index in [1.165, 1.54) is 29.4 Å². The zero-order valence-corrected chi connectivity index (χ0v) is 11.5. The maximum atomic E-state index is 10.5. The Morgan fingerprint density at radius 3 is 3.12 bits per heavy atom. The van der Waals surface area contributed by atoms with Crippen molar-refractivity contribution in [3.63, 3.8) is 0 Å². The van der Waals surface area contributed by atoms with E-state index < -0.39 is 5.97 Å². The lowest BCUT2D eigenvalue weighted by atomic mass is 10.3. The maximum absolute atomic E-state index is 10.5. The zero-order valence-electron chi connectivity index (χ0n) is 8.33. The molecule has 0 aromatic carbocycles. The molecule has 0 aliphatic carbocycles. The molecule has 0 aliphatic heterocycles. The van der Waals surface area contributed by atoms with Gasteiger partial charge in [-0.05, 0) is 27.7 Å². The quantitative estimate of drug-likeness (QED) is 0.867. The van der Waals surface area contributed by atoms with Gasteiger partial charge in [0.2, 0.25) is 0 Å². The number of aliphatic carboxylic acids is 1. The average Bonchev–Trinajstić information content (AvgIpc) is 2.68. The van der Waals surface area contributed by atoms with E-state index in [0.717, 1.165) is 13.8 Å². The Hall–Kier alpha value is -0.990. The second-order valence-corrected chi connectivity index (χ2v) is 5.90. The number of aromatic nitrogens is 3. The van der Waals surface area contributed by atoms with Crippen LogP contribution in [-0.4, -0.2) is 26.0 Å². The molecule has 8 heteroatoms. The fourth-order valence-corrected chi connectivity index (χ4v) is 3.19. The standard InChI is InChI=1S/C9H6BrN3O2S2/c10-6-2-11-4-12-8(6)17-9-13-5(3-16-9)1-7(14)15/h2-4H,1H2,(H,14,15). The minimum absolute atomic E-state index is 0.0536. The van der Waals surface area contributed by atoms with E-state index in [1.807, 2.05) is 0 Å². The van der Waals surface area contributed by atoms with Crippen LogP contribution in [0.2, 0.25) is 0 Å². The molecule has 2 aromatic rings. The second kappa shape index (κ2) is 5.56. The summed E-state index contributed by atoms with van der Waals surface area (Å²) in [4.78, 5) is 22.7. The number of nitrogens with zero attached hydrogens (tertiary/aromatic N) is 3. The highest BCUT2D eigenvalue weighted by Crippen LogP contribution is 2.32. The first-order chi connectivity index (χ1) is 8.15. The topological polar surface area (TPSA) is 76.0 Å². The Balaban J connectivity index is 2.12. The molecule has 0 spiro atoms. The van der Waals surface area contributed by atoms with Crippen molar-refractivity contribution in [3.05, 3.63) is 28.1 Å². The molecule has 88 valence electrons. The second-order valence-electron chi connectivity index (χ2n) is 2.95. The molecule has 0 saturated heterocycles. The largest absolute Gasteiger partial charge is 0.481 e.